The average molecular weight is 244 g/mol. The molecule has 0 N–H and O–H groups in total. The number of sulfonamides is 1. The van der Waals surface area contributed by atoms with Gasteiger partial charge in [-0.25, -0.2) is 8.42 Å². The van der Waals surface area contributed by atoms with Crippen LogP contribution in [0.4, 0.5) is 0 Å². The summed E-state index contributed by atoms with van der Waals surface area (Å²) in [6.45, 7) is 4.87. The van der Waals surface area contributed by atoms with Gasteiger partial charge in [-0.1, -0.05) is 0 Å². The quantitative estimate of drug-likeness (QED) is 0.716. The van der Waals surface area contributed by atoms with Crippen molar-refractivity contribution >= 4 is 10.0 Å². The summed E-state index contributed by atoms with van der Waals surface area (Å²) in [5.74, 6) is 0. The molecule has 2 heterocycles. The van der Waals surface area contributed by atoms with E-state index in [1.165, 1.54) is 12.8 Å². The topological polar surface area (TPSA) is 40.6 Å². The molecule has 92 valence electrons. The van der Waals surface area contributed by atoms with Gasteiger partial charge in [0.2, 0.25) is 10.0 Å². The van der Waals surface area contributed by atoms with Crippen LogP contribution >= 0.6 is 0 Å². The lowest BCUT2D eigenvalue weighted by Gasteiger charge is -2.41. The molecular formula is C11H20N2O2S. The SMILES string of the molecule is C[C@@H]1CN2CCC[C@@H]2CN1S(=O)(=O)C1CC1. The Morgan fingerprint density at radius 1 is 1.12 bits per heavy atom. The zero-order chi connectivity index (χ0) is 11.3. The lowest BCUT2D eigenvalue weighted by molar-refractivity contribution is 0.117. The summed E-state index contributed by atoms with van der Waals surface area (Å²) >= 11 is 0. The Morgan fingerprint density at radius 3 is 2.56 bits per heavy atom. The summed E-state index contributed by atoms with van der Waals surface area (Å²) in [5, 5.41) is -0.0529. The van der Waals surface area contributed by atoms with Crippen molar-refractivity contribution in [1.82, 2.24) is 9.21 Å². The molecule has 1 saturated carbocycles. The van der Waals surface area contributed by atoms with Gasteiger partial charge in [0.25, 0.3) is 0 Å². The van der Waals surface area contributed by atoms with Gasteiger partial charge >= 0.3 is 0 Å². The Labute approximate surface area is 97.7 Å². The van der Waals surface area contributed by atoms with Gasteiger partial charge in [-0.3, -0.25) is 4.90 Å². The standard InChI is InChI=1S/C11H20N2O2S/c1-9-7-12-6-2-3-10(12)8-13(9)16(14,15)11-4-5-11/h9-11H,2-8H2,1H3/t9-,10-/m1/s1. The van der Waals surface area contributed by atoms with Crippen LogP contribution in [0.5, 0.6) is 0 Å². The summed E-state index contributed by atoms with van der Waals surface area (Å²) < 4.78 is 26.3. The number of fused-ring (bicyclic) bond motifs is 1. The number of hydrogen-bond donors (Lipinski definition) is 0. The lowest BCUT2D eigenvalue weighted by Crippen LogP contribution is -2.57. The molecule has 2 atom stereocenters. The molecule has 5 heteroatoms. The van der Waals surface area contributed by atoms with E-state index in [-0.39, 0.29) is 11.3 Å². The van der Waals surface area contributed by atoms with Crippen molar-refractivity contribution in [1.29, 1.82) is 0 Å². The number of nitrogens with zero attached hydrogens (tertiary/aromatic N) is 2. The average Bonchev–Trinajstić information content (AvgIpc) is 2.98. The molecule has 0 aromatic heterocycles. The van der Waals surface area contributed by atoms with Crippen molar-refractivity contribution in [3.63, 3.8) is 0 Å². The van der Waals surface area contributed by atoms with Crippen molar-refractivity contribution in [2.75, 3.05) is 19.6 Å². The van der Waals surface area contributed by atoms with Crippen LogP contribution in [0.3, 0.4) is 0 Å². The molecule has 3 fully saturated rings. The molecule has 1 aliphatic carbocycles. The fourth-order valence-corrected chi connectivity index (χ4v) is 5.14. The van der Waals surface area contributed by atoms with Crippen LogP contribution in [-0.4, -0.2) is 54.6 Å². The van der Waals surface area contributed by atoms with Crippen LogP contribution in [0, 0.1) is 0 Å². The Balaban J connectivity index is 1.80. The largest absolute Gasteiger partial charge is 0.297 e. The zero-order valence-corrected chi connectivity index (χ0v) is 10.6. The maximum absolute atomic E-state index is 12.3. The third-order valence-corrected chi connectivity index (χ3v) is 6.63. The highest BCUT2D eigenvalue weighted by Crippen LogP contribution is 2.35. The highest BCUT2D eigenvalue weighted by Gasteiger charge is 2.46. The molecule has 2 aliphatic heterocycles. The van der Waals surface area contributed by atoms with E-state index in [2.05, 4.69) is 11.8 Å². The fraction of sp³-hybridized carbons (Fsp3) is 1.00. The van der Waals surface area contributed by atoms with Gasteiger partial charge in [-0.05, 0) is 39.2 Å². The van der Waals surface area contributed by atoms with Gasteiger partial charge in [0.1, 0.15) is 0 Å². The molecule has 0 bridgehead atoms. The fourth-order valence-electron chi connectivity index (χ4n) is 3.07. The van der Waals surface area contributed by atoms with E-state index in [0.717, 1.165) is 32.5 Å². The van der Waals surface area contributed by atoms with Crippen LogP contribution in [-0.2, 0) is 10.0 Å². The maximum Gasteiger partial charge on any atom is 0.217 e. The van der Waals surface area contributed by atoms with Crippen LogP contribution < -0.4 is 0 Å². The second-order valence-electron chi connectivity index (χ2n) is 5.45. The molecule has 0 spiro atoms. The third kappa shape index (κ3) is 1.69. The van der Waals surface area contributed by atoms with E-state index < -0.39 is 10.0 Å². The maximum atomic E-state index is 12.3. The van der Waals surface area contributed by atoms with Gasteiger partial charge in [-0.15, -0.1) is 0 Å². The molecule has 4 nitrogen and oxygen atoms in total. The number of rotatable bonds is 2. The minimum absolute atomic E-state index is 0.0529. The highest BCUT2D eigenvalue weighted by atomic mass is 32.2. The van der Waals surface area contributed by atoms with Gasteiger partial charge < -0.3 is 0 Å². The van der Waals surface area contributed by atoms with Gasteiger partial charge in [-0.2, -0.15) is 4.31 Å². The minimum Gasteiger partial charge on any atom is -0.297 e. The normalized spacial score (nSPS) is 37.6. The smallest absolute Gasteiger partial charge is 0.217 e. The van der Waals surface area contributed by atoms with Crippen LogP contribution in [0.15, 0.2) is 0 Å². The summed E-state index contributed by atoms with van der Waals surface area (Å²) in [6, 6.07) is 0.657. The molecule has 0 amide bonds. The summed E-state index contributed by atoms with van der Waals surface area (Å²) in [6.07, 6.45) is 4.15. The first kappa shape index (κ1) is 11.0. The van der Waals surface area contributed by atoms with Gasteiger partial charge in [0.05, 0.1) is 5.25 Å². The van der Waals surface area contributed by atoms with Gasteiger partial charge in [0.15, 0.2) is 0 Å². The van der Waals surface area contributed by atoms with E-state index in [9.17, 15) is 8.42 Å². The van der Waals surface area contributed by atoms with Crippen LogP contribution in [0.2, 0.25) is 0 Å². The monoisotopic (exact) mass is 244 g/mol. The molecule has 0 aromatic carbocycles. The second-order valence-corrected chi connectivity index (χ2v) is 7.62. The zero-order valence-electron chi connectivity index (χ0n) is 9.80. The number of hydrogen-bond acceptors (Lipinski definition) is 3. The van der Waals surface area contributed by atoms with E-state index >= 15 is 0 Å². The molecule has 2 saturated heterocycles. The molecule has 0 aromatic rings. The summed E-state index contributed by atoms with van der Waals surface area (Å²) in [7, 11) is -2.97. The van der Waals surface area contributed by atoms with Crippen molar-refractivity contribution in [2.45, 2.75) is 49.9 Å². The Hall–Kier alpha value is -0.130. The van der Waals surface area contributed by atoms with E-state index in [1.54, 1.807) is 4.31 Å². The van der Waals surface area contributed by atoms with E-state index in [0.29, 0.717) is 6.04 Å². The molecule has 0 unspecified atom stereocenters. The number of piperazine rings is 1. The summed E-state index contributed by atoms with van der Waals surface area (Å²) in [4.78, 5) is 2.46. The Kier molecular flexibility index (Phi) is 2.53. The van der Waals surface area contributed by atoms with Crippen molar-refractivity contribution in [3.05, 3.63) is 0 Å². The second kappa shape index (κ2) is 3.68. The molecular weight excluding hydrogens is 224 g/mol. The Bertz CT molecular complexity index is 377. The predicted molar refractivity (Wildman–Crippen MR) is 62.7 cm³/mol. The van der Waals surface area contributed by atoms with Crippen LogP contribution in [0.1, 0.15) is 32.6 Å². The van der Waals surface area contributed by atoms with Crippen molar-refractivity contribution in [3.8, 4) is 0 Å². The summed E-state index contributed by atoms with van der Waals surface area (Å²) in [5.41, 5.74) is 0. The predicted octanol–water partition coefficient (Wildman–Crippen LogP) is 0.647. The molecule has 16 heavy (non-hydrogen) atoms. The first-order valence-corrected chi connectivity index (χ1v) is 7.84. The minimum atomic E-state index is -2.97. The van der Waals surface area contributed by atoms with E-state index in [4.69, 9.17) is 0 Å². The molecule has 3 rings (SSSR count). The van der Waals surface area contributed by atoms with Crippen molar-refractivity contribution < 1.29 is 8.42 Å². The Morgan fingerprint density at radius 2 is 1.88 bits per heavy atom. The van der Waals surface area contributed by atoms with Crippen molar-refractivity contribution in [2.24, 2.45) is 0 Å². The van der Waals surface area contributed by atoms with Gasteiger partial charge in [0, 0.05) is 25.2 Å². The lowest BCUT2D eigenvalue weighted by atomic mass is 10.1. The van der Waals surface area contributed by atoms with E-state index in [1.807, 2.05) is 0 Å². The first-order valence-electron chi connectivity index (χ1n) is 6.34. The first-order chi connectivity index (χ1) is 7.59. The van der Waals surface area contributed by atoms with Crippen LogP contribution in [0.25, 0.3) is 0 Å². The highest BCUT2D eigenvalue weighted by molar-refractivity contribution is 7.90. The molecule has 0 radical (unpaired) electrons. The third-order valence-electron chi connectivity index (χ3n) is 4.15. The molecule has 3 aliphatic rings.